The first-order valence-electron chi connectivity index (χ1n) is 5.51. The van der Waals surface area contributed by atoms with Gasteiger partial charge in [-0.25, -0.2) is 4.79 Å². The molecule has 0 aromatic heterocycles. The number of rotatable bonds is 4. The Morgan fingerprint density at radius 3 is 2.43 bits per heavy atom. The van der Waals surface area contributed by atoms with Crippen LogP contribution in [0, 0.1) is 5.92 Å². The highest BCUT2D eigenvalue weighted by Crippen LogP contribution is 2.28. The predicted molar refractivity (Wildman–Crippen MR) is 54.2 cm³/mol. The van der Waals surface area contributed by atoms with Crippen LogP contribution >= 0.6 is 0 Å². The standard InChI is InChI=1S/C11H20O3/c1-3-9-4-6-10(7-5-9)14-8(2)11(12)13/h8-10H,3-7H2,1-2H3,(H,12,13)/t8-,9?,10?/m0/s1. The zero-order chi connectivity index (χ0) is 10.6. The summed E-state index contributed by atoms with van der Waals surface area (Å²) in [5.41, 5.74) is 0. The normalized spacial score (nSPS) is 29.9. The summed E-state index contributed by atoms with van der Waals surface area (Å²) >= 11 is 0. The zero-order valence-electron chi connectivity index (χ0n) is 9.03. The van der Waals surface area contributed by atoms with Crippen LogP contribution in [0.4, 0.5) is 0 Å². The number of hydrogen-bond donors (Lipinski definition) is 1. The van der Waals surface area contributed by atoms with E-state index >= 15 is 0 Å². The number of ether oxygens (including phenoxy) is 1. The molecular formula is C11H20O3. The van der Waals surface area contributed by atoms with Crippen molar-refractivity contribution in [2.24, 2.45) is 5.92 Å². The van der Waals surface area contributed by atoms with Crippen LogP contribution in [-0.4, -0.2) is 23.3 Å². The third-order valence-electron chi connectivity index (χ3n) is 3.12. The molecule has 0 saturated heterocycles. The molecule has 1 N–H and O–H groups in total. The first-order chi connectivity index (χ1) is 6.63. The van der Waals surface area contributed by atoms with E-state index in [1.54, 1.807) is 6.92 Å². The topological polar surface area (TPSA) is 46.5 Å². The second kappa shape index (κ2) is 5.35. The first-order valence-corrected chi connectivity index (χ1v) is 5.51. The van der Waals surface area contributed by atoms with Gasteiger partial charge in [-0.05, 0) is 38.5 Å². The van der Waals surface area contributed by atoms with Crippen LogP contribution < -0.4 is 0 Å². The fraction of sp³-hybridized carbons (Fsp3) is 0.909. The first kappa shape index (κ1) is 11.5. The summed E-state index contributed by atoms with van der Waals surface area (Å²) in [7, 11) is 0. The summed E-state index contributed by atoms with van der Waals surface area (Å²) in [6.07, 6.45) is 5.18. The van der Waals surface area contributed by atoms with Gasteiger partial charge < -0.3 is 9.84 Å². The summed E-state index contributed by atoms with van der Waals surface area (Å²) in [5, 5.41) is 8.69. The van der Waals surface area contributed by atoms with E-state index in [2.05, 4.69) is 6.92 Å². The van der Waals surface area contributed by atoms with Gasteiger partial charge in [-0.15, -0.1) is 0 Å². The minimum Gasteiger partial charge on any atom is -0.479 e. The van der Waals surface area contributed by atoms with E-state index in [0.717, 1.165) is 18.8 Å². The maximum absolute atomic E-state index is 10.6. The van der Waals surface area contributed by atoms with E-state index in [1.807, 2.05) is 0 Å². The molecule has 1 fully saturated rings. The lowest BCUT2D eigenvalue weighted by molar-refractivity contribution is -0.154. The minimum absolute atomic E-state index is 0.170. The minimum atomic E-state index is -0.859. The lowest BCUT2D eigenvalue weighted by atomic mass is 9.86. The average Bonchev–Trinajstić information content (AvgIpc) is 2.19. The number of hydrogen-bond acceptors (Lipinski definition) is 2. The van der Waals surface area contributed by atoms with Gasteiger partial charge in [0, 0.05) is 0 Å². The lowest BCUT2D eigenvalue weighted by Gasteiger charge is -2.28. The van der Waals surface area contributed by atoms with Gasteiger partial charge in [-0.3, -0.25) is 0 Å². The highest BCUT2D eigenvalue weighted by atomic mass is 16.5. The SMILES string of the molecule is CCC1CCC(O[C@@H](C)C(=O)O)CC1. The van der Waals surface area contributed by atoms with Crippen molar-refractivity contribution in [1.29, 1.82) is 0 Å². The number of carboxylic acid groups (broad SMARTS) is 1. The Labute approximate surface area is 85.5 Å². The monoisotopic (exact) mass is 200 g/mol. The number of aliphatic carboxylic acids is 1. The molecule has 14 heavy (non-hydrogen) atoms. The second-order valence-electron chi connectivity index (χ2n) is 4.17. The van der Waals surface area contributed by atoms with Gasteiger partial charge in [0.05, 0.1) is 6.10 Å². The van der Waals surface area contributed by atoms with Crippen molar-refractivity contribution in [2.75, 3.05) is 0 Å². The summed E-state index contributed by atoms with van der Waals surface area (Å²) in [6, 6.07) is 0. The predicted octanol–water partition coefficient (Wildman–Crippen LogP) is 2.44. The molecule has 1 aliphatic carbocycles. The Hall–Kier alpha value is -0.570. The van der Waals surface area contributed by atoms with Crippen LogP contribution in [0.1, 0.15) is 46.0 Å². The Morgan fingerprint density at radius 2 is 2.00 bits per heavy atom. The van der Waals surface area contributed by atoms with Crippen LogP contribution in [0.5, 0.6) is 0 Å². The summed E-state index contributed by atoms with van der Waals surface area (Å²) in [4.78, 5) is 10.6. The molecule has 0 radical (unpaired) electrons. The second-order valence-corrected chi connectivity index (χ2v) is 4.17. The van der Waals surface area contributed by atoms with E-state index in [4.69, 9.17) is 9.84 Å². The van der Waals surface area contributed by atoms with E-state index in [1.165, 1.54) is 19.3 Å². The van der Waals surface area contributed by atoms with Crippen molar-refractivity contribution >= 4 is 5.97 Å². The summed E-state index contributed by atoms with van der Waals surface area (Å²) in [6.45, 7) is 3.82. The number of carboxylic acids is 1. The molecule has 0 aromatic carbocycles. The third kappa shape index (κ3) is 3.29. The summed E-state index contributed by atoms with van der Waals surface area (Å²) in [5.74, 6) is -0.0300. The molecule has 1 atom stereocenters. The van der Waals surface area contributed by atoms with Gasteiger partial charge in [0.2, 0.25) is 0 Å². The van der Waals surface area contributed by atoms with E-state index in [-0.39, 0.29) is 6.10 Å². The maximum atomic E-state index is 10.6. The third-order valence-corrected chi connectivity index (χ3v) is 3.12. The van der Waals surface area contributed by atoms with E-state index < -0.39 is 12.1 Å². The van der Waals surface area contributed by atoms with E-state index in [9.17, 15) is 4.79 Å². The van der Waals surface area contributed by atoms with Gasteiger partial charge in [0.1, 0.15) is 0 Å². The van der Waals surface area contributed by atoms with Crippen molar-refractivity contribution in [3.05, 3.63) is 0 Å². The molecule has 1 rings (SSSR count). The van der Waals surface area contributed by atoms with Gasteiger partial charge in [-0.2, -0.15) is 0 Å². The molecule has 0 bridgehead atoms. The van der Waals surface area contributed by atoms with Crippen LogP contribution in [0.25, 0.3) is 0 Å². The lowest BCUT2D eigenvalue weighted by Crippen LogP contribution is -2.29. The molecule has 3 nitrogen and oxygen atoms in total. The van der Waals surface area contributed by atoms with Gasteiger partial charge in [0.25, 0.3) is 0 Å². The fourth-order valence-electron chi connectivity index (χ4n) is 2.02. The Bertz CT molecular complexity index is 183. The Balaban J connectivity index is 2.25. The molecule has 0 spiro atoms. The van der Waals surface area contributed by atoms with Crippen LogP contribution in [0.3, 0.4) is 0 Å². The zero-order valence-corrected chi connectivity index (χ0v) is 9.03. The maximum Gasteiger partial charge on any atom is 0.332 e. The molecule has 1 aliphatic rings. The van der Waals surface area contributed by atoms with Crippen molar-refractivity contribution in [3.8, 4) is 0 Å². The molecule has 0 amide bonds. The van der Waals surface area contributed by atoms with Crippen LogP contribution in [0.15, 0.2) is 0 Å². The van der Waals surface area contributed by atoms with Gasteiger partial charge in [0.15, 0.2) is 6.10 Å². The van der Waals surface area contributed by atoms with Gasteiger partial charge >= 0.3 is 5.97 Å². The highest BCUT2D eigenvalue weighted by Gasteiger charge is 2.23. The Kier molecular flexibility index (Phi) is 4.39. The molecule has 0 aromatic rings. The fourth-order valence-corrected chi connectivity index (χ4v) is 2.02. The van der Waals surface area contributed by atoms with Crippen molar-refractivity contribution < 1.29 is 14.6 Å². The molecule has 0 aliphatic heterocycles. The quantitative estimate of drug-likeness (QED) is 0.758. The molecular weight excluding hydrogens is 180 g/mol. The molecule has 0 unspecified atom stereocenters. The van der Waals surface area contributed by atoms with Gasteiger partial charge in [-0.1, -0.05) is 13.3 Å². The molecule has 3 heteroatoms. The van der Waals surface area contributed by atoms with Crippen molar-refractivity contribution in [1.82, 2.24) is 0 Å². The smallest absolute Gasteiger partial charge is 0.332 e. The highest BCUT2D eigenvalue weighted by molar-refractivity contribution is 5.71. The molecule has 1 saturated carbocycles. The van der Waals surface area contributed by atoms with Crippen LogP contribution in [-0.2, 0) is 9.53 Å². The van der Waals surface area contributed by atoms with E-state index in [0.29, 0.717) is 0 Å². The van der Waals surface area contributed by atoms with Crippen molar-refractivity contribution in [3.63, 3.8) is 0 Å². The largest absolute Gasteiger partial charge is 0.479 e. The van der Waals surface area contributed by atoms with Crippen LogP contribution in [0.2, 0.25) is 0 Å². The number of carbonyl (C=O) groups is 1. The molecule has 0 heterocycles. The summed E-state index contributed by atoms with van der Waals surface area (Å²) < 4.78 is 5.45. The molecule has 82 valence electrons. The average molecular weight is 200 g/mol. The van der Waals surface area contributed by atoms with Crippen molar-refractivity contribution in [2.45, 2.75) is 58.2 Å². The Morgan fingerprint density at radius 1 is 1.43 bits per heavy atom.